The van der Waals surface area contributed by atoms with E-state index in [0.29, 0.717) is 17.3 Å². The number of hydrazone groups is 1. The molecule has 2 N–H and O–H groups in total. The Kier molecular flexibility index (Phi) is 3.30. The highest BCUT2D eigenvalue weighted by Crippen LogP contribution is 2.23. The minimum Gasteiger partial charge on any atom is -0.297 e. The zero-order chi connectivity index (χ0) is 11.5. The average Bonchev–Trinajstić information content (AvgIpc) is 2.65. The maximum atomic E-state index is 11.6. The van der Waals surface area contributed by atoms with Crippen molar-refractivity contribution in [3.05, 3.63) is 9.98 Å². The summed E-state index contributed by atoms with van der Waals surface area (Å²) < 4.78 is 0.835. The van der Waals surface area contributed by atoms with Crippen molar-refractivity contribution < 1.29 is 9.59 Å². The third-order valence-corrected chi connectivity index (χ3v) is 3.26. The van der Waals surface area contributed by atoms with E-state index in [1.807, 2.05) is 0 Å². The average molecular weight is 303 g/mol. The molecule has 2 heterocycles. The van der Waals surface area contributed by atoms with Crippen molar-refractivity contribution in [3.8, 4) is 0 Å². The molecule has 0 bridgehead atoms. The van der Waals surface area contributed by atoms with Crippen molar-refractivity contribution in [3.63, 3.8) is 0 Å². The fraction of sp³-hybridized carbons (Fsp3) is 0.250. The van der Waals surface area contributed by atoms with Crippen LogP contribution in [0.2, 0.25) is 0 Å². The number of carbonyl (C=O) groups is 2. The molecule has 2 amide bonds. The van der Waals surface area contributed by atoms with E-state index in [9.17, 15) is 9.59 Å². The molecule has 0 saturated heterocycles. The van der Waals surface area contributed by atoms with Crippen LogP contribution in [0.3, 0.4) is 0 Å². The van der Waals surface area contributed by atoms with Gasteiger partial charge in [-0.2, -0.15) is 5.10 Å². The third kappa shape index (κ3) is 2.64. The molecule has 0 atom stereocenters. The van der Waals surface area contributed by atoms with Gasteiger partial charge in [0.15, 0.2) is 5.13 Å². The van der Waals surface area contributed by atoms with E-state index in [-0.39, 0.29) is 18.2 Å². The summed E-state index contributed by atoms with van der Waals surface area (Å²) in [6.07, 6.45) is 2.24. The van der Waals surface area contributed by atoms with Gasteiger partial charge in [0.05, 0.1) is 9.98 Å². The fourth-order valence-corrected chi connectivity index (χ4v) is 2.22. The fourth-order valence-electron chi connectivity index (χ4n) is 1.12. The molecule has 6 nitrogen and oxygen atoms in total. The lowest BCUT2D eigenvalue weighted by molar-refractivity contribution is -0.121. The number of hydrogen-bond donors (Lipinski definition) is 2. The third-order valence-electron chi connectivity index (χ3n) is 1.86. The van der Waals surface area contributed by atoms with Crippen LogP contribution >= 0.6 is 27.3 Å². The zero-order valence-corrected chi connectivity index (χ0v) is 10.4. The molecule has 0 saturated carbocycles. The number of nitrogens with one attached hydrogen (secondary N) is 2. The van der Waals surface area contributed by atoms with Gasteiger partial charge in [-0.05, 0) is 15.9 Å². The minimum atomic E-state index is -0.332. The highest BCUT2D eigenvalue weighted by atomic mass is 79.9. The van der Waals surface area contributed by atoms with Gasteiger partial charge in [0, 0.05) is 12.8 Å². The molecule has 0 unspecified atom stereocenters. The summed E-state index contributed by atoms with van der Waals surface area (Å²) in [6, 6.07) is 0. The first-order valence-electron chi connectivity index (χ1n) is 4.43. The van der Waals surface area contributed by atoms with Crippen LogP contribution in [0.4, 0.5) is 5.13 Å². The number of halogens is 1. The Morgan fingerprint density at radius 3 is 2.94 bits per heavy atom. The van der Waals surface area contributed by atoms with E-state index in [1.54, 1.807) is 6.20 Å². The molecule has 0 aliphatic carbocycles. The molecule has 0 radical (unpaired) electrons. The predicted octanol–water partition coefficient (Wildman–Crippen LogP) is 1.11. The smallest absolute Gasteiger partial charge is 0.273 e. The summed E-state index contributed by atoms with van der Waals surface area (Å²) in [5.74, 6) is -0.504. The van der Waals surface area contributed by atoms with Crippen LogP contribution < -0.4 is 10.7 Å². The maximum Gasteiger partial charge on any atom is 0.273 e. The Labute approximate surface area is 103 Å². The molecular formula is C8H7BrN4O2S. The maximum absolute atomic E-state index is 11.6. The van der Waals surface area contributed by atoms with Crippen LogP contribution in [-0.2, 0) is 9.59 Å². The SMILES string of the molecule is O=C1CCC(C(=O)Nc2ncc(Br)s2)=NN1. The van der Waals surface area contributed by atoms with Crippen molar-refractivity contribution in [1.29, 1.82) is 0 Å². The van der Waals surface area contributed by atoms with Crippen LogP contribution in [-0.4, -0.2) is 22.5 Å². The van der Waals surface area contributed by atoms with E-state index in [2.05, 4.69) is 36.8 Å². The number of anilines is 1. The van der Waals surface area contributed by atoms with Crippen LogP contribution in [0.5, 0.6) is 0 Å². The Morgan fingerprint density at radius 2 is 2.38 bits per heavy atom. The largest absolute Gasteiger partial charge is 0.297 e. The van der Waals surface area contributed by atoms with E-state index in [4.69, 9.17) is 0 Å². The molecule has 1 aliphatic rings. The lowest BCUT2D eigenvalue weighted by Gasteiger charge is -2.10. The van der Waals surface area contributed by atoms with Crippen LogP contribution in [0.25, 0.3) is 0 Å². The first kappa shape index (κ1) is 11.2. The Bertz CT molecular complexity index is 470. The first-order chi connectivity index (χ1) is 7.65. The van der Waals surface area contributed by atoms with Crippen molar-refractivity contribution in [2.75, 3.05) is 5.32 Å². The lowest BCUT2D eigenvalue weighted by Crippen LogP contribution is -2.32. The Balaban J connectivity index is 2.01. The van der Waals surface area contributed by atoms with Gasteiger partial charge >= 0.3 is 0 Å². The molecule has 8 heteroatoms. The minimum absolute atomic E-state index is 0.173. The molecular weight excluding hydrogens is 296 g/mol. The molecule has 1 aromatic rings. The monoisotopic (exact) mass is 302 g/mol. The van der Waals surface area contributed by atoms with Crippen LogP contribution in [0.1, 0.15) is 12.8 Å². The van der Waals surface area contributed by atoms with Gasteiger partial charge in [-0.3, -0.25) is 14.9 Å². The molecule has 2 rings (SSSR count). The highest BCUT2D eigenvalue weighted by Gasteiger charge is 2.18. The quantitative estimate of drug-likeness (QED) is 0.858. The summed E-state index contributed by atoms with van der Waals surface area (Å²) in [4.78, 5) is 26.4. The summed E-state index contributed by atoms with van der Waals surface area (Å²) in [5, 5.41) is 6.78. The molecule has 1 aliphatic heterocycles. The van der Waals surface area contributed by atoms with Crippen LogP contribution in [0.15, 0.2) is 15.1 Å². The summed E-state index contributed by atoms with van der Waals surface area (Å²) in [7, 11) is 0. The van der Waals surface area contributed by atoms with Gasteiger partial charge in [0.25, 0.3) is 5.91 Å². The van der Waals surface area contributed by atoms with Crippen molar-refractivity contribution in [1.82, 2.24) is 10.4 Å². The van der Waals surface area contributed by atoms with Crippen molar-refractivity contribution in [2.45, 2.75) is 12.8 Å². The summed E-state index contributed by atoms with van der Waals surface area (Å²) in [6.45, 7) is 0. The second kappa shape index (κ2) is 4.71. The summed E-state index contributed by atoms with van der Waals surface area (Å²) >= 11 is 4.56. The van der Waals surface area contributed by atoms with Crippen molar-refractivity contribution in [2.24, 2.45) is 5.10 Å². The molecule has 84 valence electrons. The van der Waals surface area contributed by atoms with Gasteiger partial charge in [-0.25, -0.2) is 10.4 Å². The first-order valence-corrected chi connectivity index (χ1v) is 6.04. The standard InChI is InChI=1S/C8H7BrN4O2S/c9-5-3-10-8(16-5)11-7(15)4-1-2-6(14)13-12-4/h3H,1-2H2,(H,13,14)(H,10,11,15). The second-order valence-electron chi connectivity index (χ2n) is 3.02. The van der Waals surface area contributed by atoms with Gasteiger partial charge < -0.3 is 0 Å². The van der Waals surface area contributed by atoms with E-state index < -0.39 is 0 Å². The topological polar surface area (TPSA) is 83.5 Å². The van der Waals surface area contributed by atoms with E-state index >= 15 is 0 Å². The summed E-state index contributed by atoms with van der Waals surface area (Å²) in [5.41, 5.74) is 2.58. The zero-order valence-electron chi connectivity index (χ0n) is 7.99. The number of thiazole rings is 1. The molecule has 0 spiro atoms. The van der Waals surface area contributed by atoms with Gasteiger partial charge in [0.1, 0.15) is 5.71 Å². The van der Waals surface area contributed by atoms with Gasteiger partial charge in [0.2, 0.25) is 5.91 Å². The second-order valence-corrected chi connectivity index (χ2v) is 5.43. The number of amides is 2. The number of aromatic nitrogens is 1. The molecule has 0 aromatic carbocycles. The normalized spacial score (nSPS) is 15.3. The molecule has 1 aromatic heterocycles. The number of nitrogens with zero attached hydrogens (tertiary/aromatic N) is 2. The number of hydrogen-bond acceptors (Lipinski definition) is 5. The Hall–Kier alpha value is -1.28. The molecule has 0 fully saturated rings. The van der Waals surface area contributed by atoms with Gasteiger partial charge in [-0.15, -0.1) is 0 Å². The highest BCUT2D eigenvalue weighted by molar-refractivity contribution is 9.11. The predicted molar refractivity (Wildman–Crippen MR) is 63.3 cm³/mol. The van der Waals surface area contributed by atoms with E-state index in [1.165, 1.54) is 11.3 Å². The Morgan fingerprint density at radius 1 is 1.56 bits per heavy atom. The van der Waals surface area contributed by atoms with Crippen molar-refractivity contribution >= 4 is 49.9 Å². The lowest BCUT2D eigenvalue weighted by atomic mass is 10.2. The molecule has 16 heavy (non-hydrogen) atoms. The number of carbonyl (C=O) groups excluding carboxylic acids is 2. The number of rotatable bonds is 2. The van der Waals surface area contributed by atoms with E-state index in [0.717, 1.165) is 3.79 Å². The van der Waals surface area contributed by atoms with Gasteiger partial charge in [-0.1, -0.05) is 11.3 Å². The van der Waals surface area contributed by atoms with Crippen LogP contribution in [0, 0.1) is 0 Å².